The normalized spacial score (nSPS) is 12.7. The maximum Gasteiger partial charge on any atom is 0.0541 e. The minimum atomic E-state index is 0.997. The van der Waals surface area contributed by atoms with Gasteiger partial charge in [-0.25, -0.2) is 0 Å². The van der Waals surface area contributed by atoms with Crippen LogP contribution in [0.5, 0.6) is 0 Å². The molecule has 0 amide bonds. The Morgan fingerprint density at radius 1 is 0.375 bits per heavy atom. The fourth-order valence-electron chi connectivity index (χ4n) is 8.30. The van der Waals surface area contributed by atoms with Crippen LogP contribution >= 0.6 is 0 Å². The van der Waals surface area contributed by atoms with Gasteiger partial charge in [0.25, 0.3) is 0 Å². The van der Waals surface area contributed by atoms with Crippen molar-refractivity contribution >= 4 is 50.0 Å². The van der Waals surface area contributed by atoms with Crippen LogP contribution in [0.4, 0.5) is 17.1 Å². The predicted octanol–water partition coefficient (Wildman–Crippen LogP) is 14.8. The molecule has 56 heavy (non-hydrogen) atoms. The van der Waals surface area contributed by atoms with Crippen LogP contribution in [0.25, 0.3) is 60.9 Å². The molecule has 0 aliphatic heterocycles. The van der Waals surface area contributed by atoms with Crippen molar-refractivity contribution in [3.8, 4) is 27.9 Å². The van der Waals surface area contributed by atoms with Gasteiger partial charge in [-0.05, 0) is 130 Å². The van der Waals surface area contributed by atoms with Crippen molar-refractivity contribution < 1.29 is 0 Å². The lowest BCUT2D eigenvalue weighted by atomic mass is 9.90. The predicted molar refractivity (Wildman–Crippen MR) is 238 cm³/mol. The van der Waals surface area contributed by atoms with E-state index < -0.39 is 0 Å². The lowest BCUT2D eigenvalue weighted by Crippen LogP contribution is -2.10. The fourth-order valence-corrected chi connectivity index (χ4v) is 8.30. The third-order valence-electron chi connectivity index (χ3n) is 11.0. The zero-order chi connectivity index (χ0) is 37.3. The van der Waals surface area contributed by atoms with Gasteiger partial charge >= 0.3 is 0 Å². The largest absolute Gasteiger partial charge is 0.310 e. The highest BCUT2D eigenvalue weighted by atomic mass is 15.1. The van der Waals surface area contributed by atoms with E-state index in [0.29, 0.717) is 0 Å². The summed E-state index contributed by atoms with van der Waals surface area (Å²) in [5.41, 5.74) is 17.0. The number of nitrogens with zero attached hydrogens (tertiary/aromatic N) is 2. The highest BCUT2D eigenvalue weighted by Crippen LogP contribution is 2.40. The Hall–Kier alpha value is -7.16. The lowest BCUT2D eigenvalue weighted by Gasteiger charge is -2.26. The van der Waals surface area contributed by atoms with Crippen LogP contribution in [0.1, 0.15) is 24.0 Å². The van der Waals surface area contributed by atoms with E-state index >= 15 is 0 Å². The SMILES string of the molecule is C1=C(c2ccc3c(c2)c2cc(-c4ccccc4)ccc2n3-c2ccccc2)C=C(c2cccc(N(c3ccccc3)c3ccc(-c4ccccc4)cc3)c2)CC1. The van der Waals surface area contributed by atoms with Gasteiger partial charge in [0.15, 0.2) is 0 Å². The monoisotopic (exact) mass is 716 g/mol. The van der Waals surface area contributed by atoms with Crippen molar-refractivity contribution in [2.45, 2.75) is 12.8 Å². The third kappa shape index (κ3) is 6.32. The Balaban J connectivity index is 1.03. The summed E-state index contributed by atoms with van der Waals surface area (Å²) in [7, 11) is 0. The topological polar surface area (TPSA) is 8.17 Å². The number of hydrogen-bond donors (Lipinski definition) is 0. The van der Waals surface area contributed by atoms with Crippen molar-refractivity contribution in [2.24, 2.45) is 0 Å². The van der Waals surface area contributed by atoms with E-state index in [0.717, 1.165) is 29.9 Å². The Morgan fingerprint density at radius 3 is 1.55 bits per heavy atom. The molecule has 0 radical (unpaired) electrons. The van der Waals surface area contributed by atoms with Gasteiger partial charge in [0, 0.05) is 33.5 Å². The third-order valence-corrected chi connectivity index (χ3v) is 11.0. The minimum absolute atomic E-state index is 0.997. The Bertz CT molecular complexity index is 2870. The highest BCUT2D eigenvalue weighted by Gasteiger charge is 2.18. The number of fused-ring (bicyclic) bond motifs is 3. The van der Waals surface area contributed by atoms with E-state index in [9.17, 15) is 0 Å². The first-order chi connectivity index (χ1) is 27.8. The average molecular weight is 717 g/mol. The van der Waals surface area contributed by atoms with E-state index in [1.807, 2.05) is 0 Å². The highest BCUT2D eigenvalue weighted by molar-refractivity contribution is 6.11. The zero-order valence-corrected chi connectivity index (χ0v) is 31.1. The van der Waals surface area contributed by atoms with Gasteiger partial charge in [0.2, 0.25) is 0 Å². The van der Waals surface area contributed by atoms with Gasteiger partial charge in [-0.3, -0.25) is 0 Å². The molecule has 0 atom stereocenters. The van der Waals surface area contributed by atoms with Gasteiger partial charge in [0.1, 0.15) is 0 Å². The van der Waals surface area contributed by atoms with E-state index in [2.05, 4.69) is 228 Å². The molecule has 9 aromatic rings. The molecular formula is C54H40N2. The Labute approximate surface area is 328 Å². The van der Waals surface area contributed by atoms with Gasteiger partial charge in [-0.2, -0.15) is 0 Å². The molecule has 0 bridgehead atoms. The lowest BCUT2D eigenvalue weighted by molar-refractivity contribution is 1.06. The van der Waals surface area contributed by atoms with Crippen LogP contribution < -0.4 is 4.90 Å². The molecule has 8 aromatic carbocycles. The van der Waals surface area contributed by atoms with Crippen molar-refractivity contribution in [3.63, 3.8) is 0 Å². The summed E-state index contributed by atoms with van der Waals surface area (Å²) < 4.78 is 2.40. The molecule has 2 nitrogen and oxygen atoms in total. The number of hydrogen-bond acceptors (Lipinski definition) is 1. The first-order valence-corrected chi connectivity index (χ1v) is 19.5. The number of para-hydroxylation sites is 2. The molecule has 0 fully saturated rings. The van der Waals surface area contributed by atoms with Crippen LogP contribution in [0, 0.1) is 0 Å². The maximum absolute atomic E-state index is 2.41. The smallest absolute Gasteiger partial charge is 0.0541 e. The molecule has 266 valence electrons. The molecule has 2 heteroatoms. The van der Waals surface area contributed by atoms with E-state index in [4.69, 9.17) is 0 Å². The molecule has 0 N–H and O–H groups in total. The first kappa shape index (κ1) is 33.4. The zero-order valence-electron chi connectivity index (χ0n) is 31.1. The average Bonchev–Trinajstić information content (AvgIpc) is 3.61. The van der Waals surface area contributed by atoms with Crippen molar-refractivity contribution in [1.82, 2.24) is 4.57 Å². The summed E-state index contributed by atoms with van der Waals surface area (Å²) >= 11 is 0. The number of allylic oxidation sites excluding steroid dienone is 4. The summed E-state index contributed by atoms with van der Waals surface area (Å²) in [5, 5.41) is 2.53. The van der Waals surface area contributed by atoms with E-state index in [-0.39, 0.29) is 0 Å². The molecule has 1 heterocycles. The van der Waals surface area contributed by atoms with Crippen LogP contribution in [0.3, 0.4) is 0 Å². The van der Waals surface area contributed by atoms with Gasteiger partial charge in [0.05, 0.1) is 11.0 Å². The van der Waals surface area contributed by atoms with Crippen molar-refractivity contribution in [1.29, 1.82) is 0 Å². The van der Waals surface area contributed by atoms with Crippen LogP contribution in [-0.4, -0.2) is 4.57 Å². The maximum atomic E-state index is 2.41. The minimum Gasteiger partial charge on any atom is -0.310 e. The molecule has 1 aromatic heterocycles. The number of benzene rings is 8. The number of rotatable bonds is 8. The Morgan fingerprint density at radius 2 is 0.875 bits per heavy atom. The van der Waals surface area contributed by atoms with Crippen LogP contribution in [0.2, 0.25) is 0 Å². The molecule has 1 aliphatic rings. The van der Waals surface area contributed by atoms with Crippen molar-refractivity contribution in [2.75, 3.05) is 4.90 Å². The fraction of sp³-hybridized carbons (Fsp3) is 0.0370. The molecule has 0 spiro atoms. The summed E-state index contributed by atoms with van der Waals surface area (Å²) in [5.74, 6) is 0. The summed E-state index contributed by atoms with van der Waals surface area (Å²) in [6.45, 7) is 0. The molecule has 0 saturated carbocycles. The van der Waals surface area contributed by atoms with Gasteiger partial charge in [-0.1, -0.05) is 146 Å². The molecule has 0 unspecified atom stereocenters. The molecular weight excluding hydrogens is 677 g/mol. The molecule has 10 rings (SSSR count). The first-order valence-electron chi connectivity index (χ1n) is 19.5. The molecule has 1 aliphatic carbocycles. The van der Waals surface area contributed by atoms with E-state index in [1.54, 1.807) is 0 Å². The summed E-state index contributed by atoms with van der Waals surface area (Å²) in [4.78, 5) is 2.36. The standard InChI is InChI=1S/C54H40N2/c1-5-15-39(16-6-1)41-27-31-49(32-28-41)55(47-22-9-3-10-23-47)50-26-14-21-44(36-50)42-19-13-20-43(35-42)46-30-34-54-52(38-46)51-37-45(40-17-7-2-8-18-40)29-33-53(51)56(54)48-24-11-4-12-25-48/h1-12,14-18,20-38H,13,19H2. The van der Waals surface area contributed by atoms with Crippen molar-refractivity contribution in [3.05, 3.63) is 230 Å². The summed E-state index contributed by atoms with van der Waals surface area (Å²) in [6, 6.07) is 74.5. The van der Waals surface area contributed by atoms with Gasteiger partial charge < -0.3 is 9.47 Å². The van der Waals surface area contributed by atoms with Crippen LogP contribution in [0.15, 0.2) is 218 Å². The second kappa shape index (κ2) is 14.6. The quantitative estimate of drug-likeness (QED) is 0.152. The molecule has 0 saturated heterocycles. The van der Waals surface area contributed by atoms with Crippen LogP contribution in [-0.2, 0) is 0 Å². The number of aromatic nitrogens is 1. The van der Waals surface area contributed by atoms with E-state index in [1.165, 1.54) is 72.0 Å². The second-order valence-corrected chi connectivity index (χ2v) is 14.5. The Kier molecular flexibility index (Phi) is 8.70. The summed E-state index contributed by atoms with van der Waals surface area (Å²) in [6.07, 6.45) is 6.82. The number of anilines is 3. The second-order valence-electron chi connectivity index (χ2n) is 14.5. The van der Waals surface area contributed by atoms with Gasteiger partial charge in [-0.15, -0.1) is 0 Å².